The Bertz CT molecular complexity index is 441. The fourth-order valence-electron chi connectivity index (χ4n) is 3.62. The molecule has 7 nitrogen and oxygen atoms in total. The quantitative estimate of drug-likeness (QED) is 0.371. The highest BCUT2D eigenvalue weighted by molar-refractivity contribution is 14.0. The number of piperidine rings is 1. The molecule has 152 valence electrons. The van der Waals surface area contributed by atoms with Crippen molar-refractivity contribution in [1.82, 2.24) is 20.0 Å². The van der Waals surface area contributed by atoms with Crippen LogP contribution in [0.5, 0.6) is 0 Å². The van der Waals surface area contributed by atoms with Crippen LogP contribution in [0.15, 0.2) is 4.99 Å². The maximum Gasteiger partial charge on any atom is 0.409 e. The summed E-state index contributed by atoms with van der Waals surface area (Å²) in [6, 6.07) is 0.563. The molecule has 2 aliphatic rings. The summed E-state index contributed by atoms with van der Waals surface area (Å²) >= 11 is 0. The molecular weight excluding hydrogens is 445 g/mol. The minimum absolute atomic E-state index is 0. The van der Waals surface area contributed by atoms with Crippen LogP contribution in [0.1, 0.15) is 40.0 Å². The van der Waals surface area contributed by atoms with Crippen LogP contribution < -0.4 is 5.32 Å². The zero-order valence-corrected chi connectivity index (χ0v) is 18.9. The topological polar surface area (TPSA) is 60.4 Å². The zero-order chi connectivity index (χ0) is 18.1. The van der Waals surface area contributed by atoms with Gasteiger partial charge in [0.25, 0.3) is 0 Å². The minimum atomic E-state index is -0.204. The normalized spacial score (nSPS) is 22.0. The molecule has 0 spiro atoms. The van der Waals surface area contributed by atoms with Crippen molar-refractivity contribution in [2.24, 2.45) is 4.99 Å². The highest BCUT2D eigenvalue weighted by Crippen LogP contribution is 2.17. The number of hydrogen-bond acceptors (Lipinski definition) is 4. The lowest BCUT2D eigenvalue weighted by atomic mass is 10.0. The maximum absolute atomic E-state index is 11.8. The van der Waals surface area contributed by atoms with E-state index in [9.17, 15) is 4.79 Å². The molecule has 1 unspecified atom stereocenters. The summed E-state index contributed by atoms with van der Waals surface area (Å²) < 4.78 is 5.09. The van der Waals surface area contributed by atoms with Gasteiger partial charge in [0.05, 0.1) is 13.2 Å². The van der Waals surface area contributed by atoms with Gasteiger partial charge in [-0.05, 0) is 39.8 Å². The first-order valence-corrected chi connectivity index (χ1v) is 9.88. The number of likely N-dealkylation sites (tertiary alicyclic amines) is 1. The van der Waals surface area contributed by atoms with E-state index in [0.29, 0.717) is 25.7 Å². The van der Waals surface area contributed by atoms with Crippen molar-refractivity contribution in [2.45, 2.75) is 46.1 Å². The summed E-state index contributed by atoms with van der Waals surface area (Å²) in [4.78, 5) is 23.4. The Hall–Kier alpha value is -0.770. The number of amides is 1. The number of carbonyl (C=O) groups excluding carboxylic acids is 1. The molecule has 0 aromatic heterocycles. The van der Waals surface area contributed by atoms with Crippen LogP contribution in [0.4, 0.5) is 4.79 Å². The fourth-order valence-corrected chi connectivity index (χ4v) is 3.62. The van der Waals surface area contributed by atoms with Crippen LogP contribution >= 0.6 is 24.0 Å². The Morgan fingerprint density at radius 3 is 2.38 bits per heavy atom. The Morgan fingerprint density at radius 2 is 1.77 bits per heavy atom. The highest BCUT2D eigenvalue weighted by Gasteiger charge is 2.25. The number of ether oxygens (including phenoxy) is 1. The van der Waals surface area contributed by atoms with E-state index in [0.717, 1.165) is 38.7 Å². The van der Waals surface area contributed by atoms with E-state index in [1.165, 1.54) is 25.8 Å². The largest absolute Gasteiger partial charge is 0.450 e. The predicted molar refractivity (Wildman–Crippen MR) is 116 cm³/mol. The Kier molecular flexibility index (Phi) is 11.3. The Labute approximate surface area is 175 Å². The van der Waals surface area contributed by atoms with E-state index >= 15 is 0 Å². The van der Waals surface area contributed by atoms with E-state index in [2.05, 4.69) is 29.0 Å². The number of likely N-dealkylation sites (N-methyl/N-ethyl adjacent to an activating group) is 1. The van der Waals surface area contributed by atoms with Crippen LogP contribution in [0.2, 0.25) is 0 Å². The van der Waals surface area contributed by atoms with Crippen molar-refractivity contribution >= 4 is 36.0 Å². The number of guanidine groups is 1. The summed E-state index contributed by atoms with van der Waals surface area (Å²) in [6.45, 7) is 13.6. The molecule has 2 fully saturated rings. The average Bonchev–Trinajstić information content (AvgIpc) is 2.65. The lowest BCUT2D eigenvalue weighted by Crippen LogP contribution is -2.54. The minimum Gasteiger partial charge on any atom is -0.450 e. The van der Waals surface area contributed by atoms with Gasteiger partial charge in [-0.15, -0.1) is 24.0 Å². The monoisotopic (exact) mass is 481 g/mol. The molecule has 26 heavy (non-hydrogen) atoms. The van der Waals surface area contributed by atoms with Gasteiger partial charge < -0.3 is 19.9 Å². The fraction of sp³-hybridized carbons (Fsp3) is 0.889. The molecule has 0 bridgehead atoms. The van der Waals surface area contributed by atoms with E-state index in [1.54, 1.807) is 4.90 Å². The van der Waals surface area contributed by atoms with Gasteiger partial charge in [0.15, 0.2) is 5.96 Å². The SMILES string of the molecule is CCNC(=NCC1CCCCN1CC)N1CCN(C(=O)OCC)CC1.I. The van der Waals surface area contributed by atoms with Gasteiger partial charge in [-0.2, -0.15) is 0 Å². The lowest BCUT2D eigenvalue weighted by molar-refractivity contribution is 0.0913. The third-order valence-corrected chi connectivity index (χ3v) is 5.05. The predicted octanol–water partition coefficient (Wildman–Crippen LogP) is 2.22. The Morgan fingerprint density at radius 1 is 1.08 bits per heavy atom. The number of halogens is 1. The zero-order valence-electron chi connectivity index (χ0n) is 16.6. The number of piperazine rings is 1. The third kappa shape index (κ3) is 6.75. The molecular formula is C18H36IN5O2. The van der Waals surface area contributed by atoms with Gasteiger partial charge >= 0.3 is 6.09 Å². The smallest absolute Gasteiger partial charge is 0.409 e. The van der Waals surface area contributed by atoms with E-state index in [-0.39, 0.29) is 30.1 Å². The molecule has 0 aliphatic carbocycles. The molecule has 2 saturated heterocycles. The summed E-state index contributed by atoms with van der Waals surface area (Å²) in [5.41, 5.74) is 0. The van der Waals surface area contributed by atoms with Gasteiger partial charge in [0.1, 0.15) is 0 Å². The first kappa shape index (κ1) is 23.3. The van der Waals surface area contributed by atoms with Gasteiger partial charge in [0.2, 0.25) is 0 Å². The van der Waals surface area contributed by atoms with E-state index in [4.69, 9.17) is 9.73 Å². The lowest BCUT2D eigenvalue weighted by Gasteiger charge is -2.37. The standard InChI is InChI=1S/C18H35N5O2.HI/c1-4-19-17(20-15-16-9-7-8-10-21(16)5-2)22-11-13-23(14-12-22)18(24)25-6-3;/h16H,4-15H2,1-3H3,(H,19,20);1H. The van der Waals surface area contributed by atoms with Crippen LogP contribution in [-0.4, -0.2) is 91.8 Å². The second-order valence-corrected chi connectivity index (χ2v) is 6.65. The maximum atomic E-state index is 11.8. The average molecular weight is 481 g/mol. The number of carbonyl (C=O) groups is 1. The molecule has 2 rings (SSSR count). The second-order valence-electron chi connectivity index (χ2n) is 6.65. The number of aliphatic imine (C=N–C) groups is 1. The van der Waals surface area contributed by atoms with Crippen LogP contribution in [0, 0.1) is 0 Å². The molecule has 1 amide bonds. The van der Waals surface area contributed by atoms with Gasteiger partial charge in [0, 0.05) is 38.8 Å². The molecule has 2 heterocycles. The molecule has 0 radical (unpaired) electrons. The van der Waals surface area contributed by atoms with Crippen molar-refractivity contribution < 1.29 is 9.53 Å². The van der Waals surface area contributed by atoms with Crippen LogP contribution in [-0.2, 0) is 4.74 Å². The highest BCUT2D eigenvalue weighted by atomic mass is 127. The van der Waals surface area contributed by atoms with Crippen molar-refractivity contribution in [3.05, 3.63) is 0 Å². The molecule has 0 saturated carbocycles. The molecule has 2 aliphatic heterocycles. The number of nitrogens with one attached hydrogen (secondary N) is 1. The molecule has 1 N–H and O–H groups in total. The number of nitrogens with zero attached hydrogens (tertiary/aromatic N) is 4. The van der Waals surface area contributed by atoms with Crippen molar-refractivity contribution in [1.29, 1.82) is 0 Å². The van der Waals surface area contributed by atoms with Gasteiger partial charge in [-0.1, -0.05) is 13.3 Å². The van der Waals surface area contributed by atoms with Crippen LogP contribution in [0.25, 0.3) is 0 Å². The Balaban J connectivity index is 0.00000338. The summed E-state index contributed by atoms with van der Waals surface area (Å²) in [7, 11) is 0. The second kappa shape index (κ2) is 12.6. The first-order valence-electron chi connectivity index (χ1n) is 9.88. The molecule has 0 aromatic rings. The molecule has 1 atom stereocenters. The van der Waals surface area contributed by atoms with E-state index in [1.807, 2.05) is 6.92 Å². The summed E-state index contributed by atoms with van der Waals surface area (Å²) in [5, 5.41) is 3.42. The third-order valence-electron chi connectivity index (χ3n) is 5.05. The van der Waals surface area contributed by atoms with Crippen molar-refractivity contribution in [2.75, 3.05) is 59.0 Å². The molecule has 0 aromatic carbocycles. The number of hydrogen-bond donors (Lipinski definition) is 1. The van der Waals surface area contributed by atoms with Crippen molar-refractivity contribution in [3.8, 4) is 0 Å². The van der Waals surface area contributed by atoms with Crippen molar-refractivity contribution in [3.63, 3.8) is 0 Å². The first-order chi connectivity index (χ1) is 12.2. The number of rotatable bonds is 5. The van der Waals surface area contributed by atoms with Crippen LogP contribution in [0.3, 0.4) is 0 Å². The van der Waals surface area contributed by atoms with Gasteiger partial charge in [-0.3, -0.25) is 9.89 Å². The summed E-state index contributed by atoms with van der Waals surface area (Å²) in [5.74, 6) is 0.979. The molecule has 8 heteroatoms. The summed E-state index contributed by atoms with van der Waals surface area (Å²) in [6.07, 6.45) is 3.66. The van der Waals surface area contributed by atoms with Gasteiger partial charge in [-0.25, -0.2) is 4.79 Å². The van der Waals surface area contributed by atoms with E-state index < -0.39 is 0 Å².